The lowest BCUT2D eigenvalue weighted by Crippen LogP contribution is -2.49. The van der Waals surface area contributed by atoms with Crippen LogP contribution in [-0.2, 0) is 4.79 Å². The molecule has 2 amide bonds. The van der Waals surface area contributed by atoms with E-state index in [4.69, 9.17) is 0 Å². The van der Waals surface area contributed by atoms with Crippen LogP contribution in [0.1, 0.15) is 21.5 Å². The van der Waals surface area contributed by atoms with Crippen molar-refractivity contribution in [2.45, 2.75) is 6.92 Å². The Kier molecular flexibility index (Phi) is 6.60. The molecule has 0 spiro atoms. The Morgan fingerprint density at radius 2 is 1.62 bits per heavy atom. The van der Waals surface area contributed by atoms with Crippen molar-refractivity contribution in [3.05, 3.63) is 95.7 Å². The smallest absolute Gasteiger partial charge is 0.253 e. The van der Waals surface area contributed by atoms with Crippen LogP contribution >= 0.6 is 0 Å². The number of rotatable bonds is 5. The van der Waals surface area contributed by atoms with E-state index in [2.05, 4.69) is 15.2 Å². The van der Waals surface area contributed by atoms with Gasteiger partial charge in [-0.2, -0.15) is 0 Å². The van der Waals surface area contributed by atoms with Gasteiger partial charge >= 0.3 is 0 Å². The molecule has 1 aliphatic rings. The summed E-state index contributed by atoms with van der Waals surface area (Å²) < 4.78 is 0. The molecule has 0 aliphatic carbocycles. The first-order valence-electron chi connectivity index (χ1n) is 10.7. The lowest BCUT2D eigenvalue weighted by atomic mass is 10.1. The summed E-state index contributed by atoms with van der Waals surface area (Å²) >= 11 is 0. The van der Waals surface area contributed by atoms with E-state index >= 15 is 0 Å². The first kappa shape index (κ1) is 21.3. The lowest BCUT2D eigenvalue weighted by Gasteiger charge is -2.35. The molecule has 1 saturated heterocycles. The molecular formula is C26H26N4O2. The zero-order valence-electron chi connectivity index (χ0n) is 18.1. The number of carbonyl (C=O) groups is 2. The van der Waals surface area contributed by atoms with Gasteiger partial charge in [-0.15, -0.1) is 0 Å². The summed E-state index contributed by atoms with van der Waals surface area (Å²) in [5, 5.41) is 2.83. The molecule has 6 heteroatoms. The van der Waals surface area contributed by atoms with Gasteiger partial charge in [0.15, 0.2) is 0 Å². The highest BCUT2D eigenvalue weighted by Crippen LogP contribution is 2.17. The number of aryl methyl sites for hydroxylation is 1. The monoisotopic (exact) mass is 426 g/mol. The Morgan fingerprint density at radius 3 is 2.28 bits per heavy atom. The number of carbonyl (C=O) groups excluding carboxylic acids is 2. The number of hydrogen-bond donors (Lipinski definition) is 1. The zero-order chi connectivity index (χ0) is 22.3. The highest BCUT2D eigenvalue weighted by Gasteiger charge is 2.22. The molecule has 1 aromatic heterocycles. The summed E-state index contributed by atoms with van der Waals surface area (Å²) in [5.41, 5.74) is 3.48. The van der Waals surface area contributed by atoms with Crippen molar-refractivity contribution in [2.24, 2.45) is 0 Å². The Balaban J connectivity index is 1.29. The molecule has 0 atom stereocenters. The lowest BCUT2D eigenvalue weighted by molar-refractivity contribution is -0.111. The second-order valence-corrected chi connectivity index (χ2v) is 7.78. The van der Waals surface area contributed by atoms with Crippen LogP contribution in [0.15, 0.2) is 79.0 Å². The van der Waals surface area contributed by atoms with Crippen LogP contribution in [0.3, 0.4) is 0 Å². The predicted molar refractivity (Wildman–Crippen MR) is 128 cm³/mol. The third kappa shape index (κ3) is 5.40. The van der Waals surface area contributed by atoms with E-state index in [0.717, 1.165) is 35.6 Å². The molecule has 1 fully saturated rings. The molecule has 0 radical (unpaired) electrons. The molecule has 0 saturated carbocycles. The van der Waals surface area contributed by atoms with Crippen LogP contribution in [-0.4, -0.2) is 47.9 Å². The largest absolute Gasteiger partial charge is 0.353 e. The van der Waals surface area contributed by atoms with Crippen molar-refractivity contribution >= 4 is 29.4 Å². The van der Waals surface area contributed by atoms with Crippen LogP contribution < -0.4 is 10.2 Å². The SMILES string of the molecule is Cc1ccc(C(=O)N2CCN(c3ccc(NC(=O)/C=C/c4ccccc4)cn3)CC2)cc1. The highest BCUT2D eigenvalue weighted by atomic mass is 16.2. The molecule has 0 bridgehead atoms. The van der Waals surface area contributed by atoms with Gasteiger partial charge in [-0.1, -0.05) is 48.0 Å². The summed E-state index contributed by atoms with van der Waals surface area (Å²) in [6.07, 6.45) is 4.94. The summed E-state index contributed by atoms with van der Waals surface area (Å²) in [7, 11) is 0. The minimum atomic E-state index is -0.202. The fourth-order valence-corrected chi connectivity index (χ4v) is 3.58. The van der Waals surface area contributed by atoms with Crippen molar-refractivity contribution in [1.29, 1.82) is 0 Å². The molecular weight excluding hydrogens is 400 g/mol. The summed E-state index contributed by atoms with van der Waals surface area (Å²) in [6, 6.07) is 21.1. The number of nitrogens with zero attached hydrogens (tertiary/aromatic N) is 3. The van der Waals surface area contributed by atoms with Gasteiger partial charge in [0.05, 0.1) is 11.9 Å². The molecule has 2 aromatic carbocycles. The van der Waals surface area contributed by atoms with Crippen LogP contribution in [0.4, 0.5) is 11.5 Å². The quantitative estimate of drug-likeness (QED) is 0.626. The number of nitrogens with one attached hydrogen (secondary N) is 1. The Labute approximate surface area is 188 Å². The summed E-state index contributed by atoms with van der Waals surface area (Å²) in [4.78, 5) is 33.4. The second kappa shape index (κ2) is 9.92. The van der Waals surface area contributed by atoms with Gasteiger partial charge in [0, 0.05) is 37.8 Å². The highest BCUT2D eigenvalue weighted by molar-refractivity contribution is 6.01. The molecule has 2 heterocycles. The van der Waals surface area contributed by atoms with E-state index < -0.39 is 0 Å². The Hall–Kier alpha value is -3.93. The van der Waals surface area contributed by atoms with Gasteiger partial charge in [0.2, 0.25) is 5.91 Å². The average Bonchev–Trinajstić information content (AvgIpc) is 2.84. The fraction of sp³-hybridized carbons (Fsp3) is 0.192. The summed E-state index contributed by atoms with van der Waals surface area (Å²) in [5.74, 6) is 0.705. The maximum Gasteiger partial charge on any atom is 0.253 e. The van der Waals surface area contributed by atoms with Gasteiger partial charge < -0.3 is 15.1 Å². The third-order valence-electron chi connectivity index (χ3n) is 5.43. The van der Waals surface area contributed by atoms with Crippen molar-refractivity contribution < 1.29 is 9.59 Å². The van der Waals surface area contributed by atoms with E-state index in [1.165, 1.54) is 6.08 Å². The van der Waals surface area contributed by atoms with E-state index in [-0.39, 0.29) is 11.8 Å². The molecule has 6 nitrogen and oxygen atoms in total. The zero-order valence-corrected chi connectivity index (χ0v) is 18.1. The minimum Gasteiger partial charge on any atom is -0.353 e. The topological polar surface area (TPSA) is 65.5 Å². The fourth-order valence-electron chi connectivity index (χ4n) is 3.58. The number of pyridine rings is 1. The first-order chi connectivity index (χ1) is 15.6. The second-order valence-electron chi connectivity index (χ2n) is 7.78. The van der Waals surface area contributed by atoms with Gasteiger partial charge in [-0.3, -0.25) is 9.59 Å². The van der Waals surface area contributed by atoms with E-state index in [1.807, 2.05) is 78.6 Å². The molecule has 3 aromatic rings. The van der Waals surface area contributed by atoms with E-state index in [0.29, 0.717) is 18.8 Å². The van der Waals surface area contributed by atoms with Crippen molar-refractivity contribution in [3.63, 3.8) is 0 Å². The average molecular weight is 427 g/mol. The van der Waals surface area contributed by atoms with Crippen LogP contribution in [0.5, 0.6) is 0 Å². The van der Waals surface area contributed by atoms with Gasteiger partial charge in [-0.05, 0) is 42.8 Å². The van der Waals surface area contributed by atoms with Gasteiger partial charge in [0.25, 0.3) is 5.91 Å². The number of anilines is 2. The molecule has 32 heavy (non-hydrogen) atoms. The maximum absolute atomic E-state index is 12.7. The number of benzene rings is 2. The standard InChI is InChI=1S/C26H26N4O2/c1-20-7-10-22(11-8-20)26(32)30-17-15-29(16-18-30)24-13-12-23(19-27-24)28-25(31)14-9-21-5-3-2-4-6-21/h2-14,19H,15-18H2,1H3,(H,28,31)/b14-9+. The number of piperazine rings is 1. The Bertz CT molecular complexity index is 1080. The normalized spacial score (nSPS) is 13.9. The van der Waals surface area contributed by atoms with Crippen LogP contribution in [0, 0.1) is 6.92 Å². The first-order valence-corrected chi connectivity index (χ1v) is 10.7. The minimum absolute atomic E-state index is 0.0687. The molecule has 1 aliphatic heterocycles. The summed E-state index contributed by atoms with van der Waals surface area (Å²) in [6.45, 7) is 4.75. The number of amides is 2. The van der Waals surface area contributed by atoms with Crippen LogP contribution in [0.25, 0.3) is 6.08 Å². The Morgan fingerprint density at radius 1 is 0.906 bits per heavy atom. The number of hydrogen-bond acceptors (Lipinski definition) is 4. The van der Waals surface area contributed by atoms with Crippen molar-refractivity contribution in [2.75, 3.05) is 36.4 Å². The molecule has 4 rings (SSSR count). The third-order valence-corrected chi connectivity index (χ3v) is 5.43. The predicted octanol–water partition coefficient (Wildman–Crippen LogP) is 4.00. The van der Waals surface area contributed by atoms with E-state index in [9.17, 15) is 9.59 Å². The van der Waals surface area contributed by atoms with Gasteiger partial charge in [0.1, 0.15) is 5.82 Å². The molecule has 0 unspecified atom stereocenters. The molecule has 1 N–H and O–H groups in total. The van der Waals surface area contributed by atoms with Crippen molar-refractivity contribution in [3.8, 4) is 0 Å². The molecule has 162 valence electrons. The van der Waals surface area contributed by atoms with Gasteiger partial charge in [-0.25, -0.2) is 4.98 Å². The maximum atomic E-state index is 12.7. The van der Waals surface area contributed by atoms with E-state index in [1.54, 1.807) is 12.3 Å². The van der Waals surface area contributed by atoms with Crippen molar-refractivity contribution in [1.82, 2.24) is 9.88 Å². The van der Waals surface area contributed by atoms with Crippen LogP contribution in [0.2, 0.25) is 0 Å². The number of aromatic nitrogens is 1.